The van der Waals surface area contributed by atoms with Gasteiger partial charge in [-0.25, -0.2) is 8.42 Å². The molecule has 0 aliphatic heterocycles. The van der Waals surface area contributed by atoms with Crippen molar-refractivity contribution in [3.8, 4) is 0 Å². The highest BCUT2D eigenvalue weighted by atomic mass is 32.2. The summed E-state index contributed by atoms with van der Waals surface area (Å²) in [5.74, 6) is -0.602. The van der Waals surface area contributed by atoms with Gasteiger partial charge in [0, 0.05) is 0 Å². The van der Waals surface area contributed by atoms with E-state index in [1.54, 1.807) is 0 Å². The number of rotatable bonds is 5. The van der Waals surface area contributed by atoms with Crippen LogP contribution in [0.25, 0.3) is 0 Å². The Labute approximate surface area is 161 Å². The predicted octanol–water partition coefficient (Wildman–Crippen LogP) is 3.18. The highest BCUT2D eigenvalue weighted by Gasteiger charge is 2.37. The number of aryl methyl sites for hydroxylation is 1. The van der Waals surface area contributed by atoms with E-state index in [9.17, 15) is 26.4 Å². The molecule has 2 atom stereocenters. The largest absolute Gasteiger partial charge is 0.417 e. The predicted molar refractivity (Wildman–Crippen MR) is 96.9 cm³/mol. The van der Waals surface area contributed by atoms with E-state index in [-0.39, 0.29) is 6.04 Å². The van der Waals surface area contributed by atoms with Crippen LogP contribution in [-0.2, 0) is 27.4 Å². The lowest BCUT2D eigenvalue weighted by atomic mass is 10.1. The van der Waals surface area contributed by atoms with Crippen molar-refractivity contribution < 1.29 is 26.4 Å². The van der Waals surface area contributed by atoms with Crippen LogP contribution in [0.4, 0.5) is 13.2 Å². The van der Waals surface area contributed by atoms with E-state index >= 15 is 0 Å². The summed E-state index contributed by atoms with van der Waals surface area (Å²) in [5.41, 5.74) is 0.799. The molecule has 2 aromatic rings. The van der Waals surface area contributed by atoms with Gasteiger partial charge in [-0.05, 0) is 43.0 Å². The summed E-state index contributed by atoms with van der Waals surface area (Å²) in [4.78, 5) is 11.5. The molecule has 28 heavy (non-hydrogen) atoms. The third-order valence-corrected chi connectivity index (χ3v) is 6.26. The maximum atomic E-state index is 13.1. The third-order valence-electron chi connectivity index (χ3n) is 4.66. The van der Waals surface area contributed by atoms with E-state index in [2.05, 4.69) is 5.32 Å². The van der Waals surface area contributed by atoms with Gasteiger partial charge in [0.15, 0.2) is 0 Å². The minimum absolute atomic E-state index is 0.252. The summed E-state index contributed by atoms with van der Waals surface area (Å²) >= 11 is 0. The first-order valence-electron chi connectivity index (χ1n) is 8.66. The van der Waals surface area contributed by atoms with Crippen molar-refractivity contribution in [1.82, 2.24) is 10.0 Å². The second-order valence-corrected chi connectivity index (χ2v) is 8.32. The van der Waals surface area contributed by atoms with E-state index < -0.39 is 38.6 Å². The summed E-state index contributed by atoms with van der Waals surface area (Å²) in [6, 6.07) is 9.97. The lowest BCUT2D eigenvalue weighted by Crippen LogP contribution is -2.45. The van der Waals surface area contributed by atoms with Crippen molar-refractivity contribution in [3.05, 3.63) is 65.2 Å². The molecule has 1 aliphatic rings. The first-order valence-corrected chi connectivity index (χ1v) is 10.1. The summed E-state index contributed by atoms with van der Waals surface area (Å²) in [6.45, 7) is 1.30. The molecule has 5 nitrogen and oxygen atoms in total. The molecule has 9 heteroatoms. The molecular formula is C19H19F3N2O3S. The molecule has 3 rings (SSSR count). The lowest BCUT2D eigenvalue weighted by molar-refractivity contribution is -0.139. The van der Waals surface area contributed by atoms with Gasteiger partial charge in [0.05, 0.1) is 22.5 Å². The molecule has 1 aliphatic carbocycles. The van der Waals surface area contributed by atoms with Crippen LogP contribution in [0.5, 0.6) is 0 Å². The normalized spacial score (nSPS) is 17.8. The van der Waals surface area contributed by atoms with Gasteiger partial charge in [-0.15, -0.1) is 0 Å². The number of hydrogen-bond donors (Lipinski definition) is 2. The SMILES string of the molecule is C[C@H](NS(=O)(=O)c1ccccc1C(F)(F)F)C(=O)NC1CCc2ccccc21. The van der Waals surface area contributed by atoms with Crippen molar-refractivity contribution in [2.75, 3.05) is 0 Å². The van der Waals surface area contributed by atoms with Crippen LogP contribution in [0.15, 0.2) is 53.4 Å². The van der Waals surface area contributed by atoms with E-state index in [1.807, 2.05) is 29.0 Å². The zero-order valence-corrected chi connectivity index (χ0v) is 15.8. The monoisotopic (exact) mass is 412 g/mol. The van der Waals surface area contributed by atoms with Gasteiger partial charge in [0.25, 0.3) is 0 Å². The molecule has 2 aromatic carbocycles. The molecule has 0 saturated carbocycles. The molecule has 150 valence electrons. The Balaban J connectivity index is 1.74. The van der Waals surface area contributed by atoms with Crippen molar-refractivity contribution in [1.29, 1.82) is 0 Å². The molecule has 2 N–H and O–H groups in total. The maximum absolute atomic E-state index is 13.1. The Kier molecular flexibility index (Phi) is 5.49. The molecule has 0 radical (unpaired) electrons. The van der Waals surface area contributed by atoms with Crippen molar-refractivity contribution in [3.63, 3.8) is 0 Å². The number of halogens is 3. The van der Waals surface area contributed by atoms with Crippen LogP contribution < -0.4 is 10.0 Å². The molecule has 1 unspecified atom stereocenters. The van der Waals surface area contributed by atoms with Crippen molar-refractivity contribution in [2.45, 2.75) is 42.9 Å². The number of carbonyl (C=O) groups excluding carboxylic acids is 1. The minimum Gasteiger partial charge on any atom is -0.348 e. The molecule has 0 heterocycles. The Hall–Kier alpha value is -2.39. The molecule has 0 fully saturated rings. The zero-order chi connectivity index (χ0) is 20.5. The second kappa shape index (κ2) is 7.56. The highest BCUT2D eigenvalue weighted by molar-refractivity contribution is 7.89. The Morgan fingerprint density at radius 1 is 1.11 bits per heavy atom. The van der Waals surface area contributed by atoms with Gasteiger partial charge in [0.2, 0.25) is 15.9 Å². The number of alkyl halides is 3. The summed E-state index contributed by atoms with van der Waals surface area (Å²) in [5, 5.41) is 2.77. The molecule has 0 aromatic heterocycles. The maximum Gasteiger partial charge on any atom is 0.417 e. The number of benzene rings is 2. The van der Waals surface area contributed by atoms with E-state index in [4.69, 9.17) is 0 Å². The number of amides is 1. The van der Waals surface area contributed by atoms with Crippen LogP contribution in [0, 0.1) is 0 Å². The smallest absolute Gasteiger partial charge is 0.348 e. The van der Waals surface area contributed by atoms with Crippen LogP contribution in [0.2, 0.25) is 0 Å². The third kappa shape index (κ3) is 4.20. The standard InChI is InChI=1S/C19H19F3N2O3S/c1-12(18(25)23-16-11-10-13-6-2-3-7-14(13)16)24-28(26,27)17-9-5-4-8-15(17)19(20,21)22/h2-9,12,16,24H,10-11H2,1H3,(H,23,25)/t12-,16?/m0/s1. The minimum atomic E-state index is -4.83. The Morgan fingerprint density at radius 2 is 1.75 bits per heavy atom. The fourth-order valence-electron chi connectivity index (χ4n) is 3.29. The summed E-state index contributed by atoms with van der Waals surface area (Å²) in [6.07, 6.45) is -3.36. The van der Waals surface area contributed by atoms with Gasteiger partial charge in [-0.2, -0.15) is 17.9 Å². The van der Waals surface area contributed by atoms with Gasteiger partial charge >= 0.3 is 6.18 Å². The van der Waals surface area contributed by atoms with Gasteiger partial charge in [-0.1, -0.05) is 36.4 Å². The van der Waals surface area contributed by atoms with Crippen LogP contribution >= 0.6 is 0 Å². The van der Waals surface area contributed by atoms with E-state index in [0.717, 1.165) is 29.7 Å². The first-order chi connectivity index (χ1) is 13.1. The average molecular weight is 412 g/mol. The van der Waals surface area contributed by atoms with Crippen LogP contribution in [0.3, 0.4) is 0 Å². The summed E-state index contributed by atoms with van der Waals surface area (Å²) < 4.78 is 66.3. The van der Waals surface area contributed by atoms with Gasteiger partial charge < -0.3 is 5.32 Å². The molecular weight excluding hydrogens is 393 g/mol. The zero-order valence-electron chi connectivity index (χ0n) is 15.0. The Bertz CT molecular complexity index is 990. The molecule has 1 amide bonds. The fourth-order valence-corrected chi connectivity index (χ4v) is 4.72. The topological polar surface area (TPSA) is 75.3 Å². The number of nitrogens with one attached hydrogen (secondary N) is 2. The van der Waals surface area contributed by atoms with Gasteiger partial charge in [0.1, 0.15) is 0 Å². The van der Waals surface area contributed by atoms with E-state index in [1.165, 1.54) is 13.0 Å². The van der Waals surface area contributed by atoms with Crippen molar-refractivity contribution in [2.24, 2.45) is 0 Å². The summed E-state index contributed by atoms with van der Waals surface area (Å²) in [7, 11) is -4.54. The van der Waals surface area contributed by atoms with Gasteiger partial charge in [-0.3, -0.25) is 4.79 Å². The number of hydrogen-bond acceptors (Lipinski definition) is 3. The second-order valence-electron chi connectivity index (χ2n) is 6.64. The number of sulfonamides is 1. The lowest BCUT2D eigenvalue weighted by Gasteiger charge is -2.20. The van der Waals surface area contributed by atoms with E-state index in [0.29, 0.717) is 12.5 Å². The average Bonchev–Trinajstić information content (AvgIpc) is 3.04. The highest BCUT2D eigenvalue weighted by Crippen LogP contribution is 2.34. The molecule has 0 bridgehead atoms. The molecule has 0 spiro atoms. The Morgan fingerprint density at radius 3 is 2.46 bits per heavy atom. The first kappa shape index (κ1) is 20.3. The fraction of sp³-hybridized carbons (Fsp3) is 0.316. The number of fused-ring (bicyclic) bond motifs is 1. The van der Waals surface area contributed by atoms with Crippen molar-refractivity contribution >= 4 is 15.9 Å². The quantitative estimate of drug-likeness (QED) is 0.792. The molecule has 0 saturated heterocycles. The van der Waals surface area contributed by atoms with Crippen LogP contribution in [-0.4, -0.2) is 20.4 Å². The van der Waals surface area contributed by atoms with Crippen LogP contribution in [0.1, 0.15) is 36.1 Å². The number of carbonyl (C=O) groups is 1.